The molecule has 1 atom stereocenters. The Morgan fingerprint density at radius 2 is 1.89 bits per heavy atom. The SMILES string of the molecule is Cc1cccc(COc2cccc(C(C)O)c2)c1. The van der Waals surface area contributed by atoms with Gasteiger partial charge in [-0.05, 0) is 37.1 Å². The molecule has 94 valence electrons. The Hall–Kier alpha value is -1.80. The lowest BCUT2D eigenvalue weighted by Gasteiger charge is -2.10. The molecule has 2 rings (SSSR count). The fourth-order valence-corrected chi connectivity index (χ4v) is 1.83. The van der Waals surface area contributed by atoms with Crippen LogP contribution in [0, 0.1) is 6.92 Å². The molecule has 0 saturated carbocycles. The van der Waals surface area contributed by atoms with Gasteiger partial charge in [0, 0.05) is 0 Å². The minimum atomic E-state index is -0.465. The molecule has 1 unspecified atom stereocenters. The van der Waals surface area contributed by atoms with E-state index in [-0.39, 0.29) is 0 Å². The average Bonchev–Trinajstić information content (AvgIpc) is 2.37. The van der Waals surface area contributed by atoms with Crippen molar-refractivity contribution in [1.29, 1.82) is 0 Å². The molecule has 0 saturated heterocycles. The molecule has 0 fully saturated rings. The molecule has 0 heterocycles. The van der Waals surface area contributed by atoms with Gasteiger partial charge in [0.15, 0.2) is 0 Å². The predicted molar refractivity (Wildman–Crippen MR) is 72.6 cm³/mol. The second kappa shape index (κ2) is 5.69. The van der Waals surface area contributed by atoms with E-state index in [0.717, 1.165) is 16.9 Å². The van der Waals surface area contributed by atoms with E-state index in [1.807, 2.05) is 36.4 Å². The highest BCUT2D eigenvalue weighted by Gasteiger charge is 2.02. The molecular weight excluding hydrogens is 224 g/mol. The van der Waals surface area contributed by atoms with Crippen LogP contribution in [0.25, 0.3) is 0 Å². The van der Waals surface area contributed by atoms with Gasteiger partial charge in [0.1, 0.15) is 12.4 Å². The Morgan fingerprint density at radius 1 is 1.11 bits per heavy atom. The van der Waals surface area contributed by atoms with Crippen LogP contribution in [-0.2, 0) is 6.61 Å². The smallest absolute Gasteiger partial charge is 0.120 e. The minimum absolute atomic E-state index is 0.465. The van der Waals surface area contributed by atoms with Crippen molar-refractivity contribution in [1.82, 2.24) is 0 Å². The van der Waals surface area contributed by atoms with Gasteiger partial charge in [-0.25, -0.2) is 0 Å². The van der Waals surface area contributed by atoms with Gasteiger partial charge in [0.2, 0.25) is 0 Å². The molecular formula is C16H18O2. The Kier molecular flexibility index (Phi) is 4.00. The van der Waals surface area contributed by atoms with E-state index in [4.69, 9.17) is 4.74 Å². The van der Waals surface area contributed by atoms with Gasteiger partial charge >= 0.3 is 0 Å². The summed E-state index contributed by atoms with van der Waals surface area (Å²) in [5.41, 5.74) is 3.25. The van der Waals surface area contributed by atoms with E-state index in [1.165, 1.54) is 5.56 Å². The molecule has 1 N–H and O–H groups in total. The van der Waals surface area contributed by atoms with Crippen molar-refractivity contribution in [3.8, 4) is 5.75 Å². The maximum atomic E-state index is 9.51. The molecule has 2 nitrogen and oxygen atoms in total. The molecule has 0 aliphatic heterocycles. The highest BCUT2D eigenvalue weighted by atomic mass is 16.5. The number of aliphatic hydroxyl groups excluding tert-OH is 1. The van der Waals surface area contributed by atoms with Gasteiger partial charge in [-0.2, -0.15) is 0 Å². The number of hydrogen-bond donors (Lipinski definition) is 1. The summed E-state index contributed by atoms with van der Waals surface area (Å²) in [4.78, 5) is 0. The summed E-state index contributed by atoms with van der Waals surface area (Å²) < 4.78 is 5.73. The van der Waals surface area contributed by atoms with Gasteiger partial charge < -0.3 is 9.84 Å². The maximum absolute atomic E-state index is 9.51. The van der Waals surface area contributed by atoms with Crippen molar-refractivity contribution >= 4 is 0 Å². The Balaban J connectivity index is 2.04. The van der Waals surface area contributed by atoms with Crippen molar-refractivity contribution in [2.75, 3.05) is 0 Å². The van der Waals surface area contributed by atoms with Crippen LogP contribution in [0.4, 0.5) is 0 Å². The van der Waals surface area contributed by atoms with Gasteiger partial charge in [0.25, 0.3) is 0 Å². The van der Waals surface area contributed by atoms with E-state index in [2.05, 4.69) is 19.1 Å². The third-order valence-electron chi connectivity index (χ3n) is 2.83. The Bertz CT molecular complexity index is 518. The highest BCUT2D eigenvalue weighted by Crippen LogP contribution is 2.19. The summed E-state index contributed by atoms with van der Waals surface area (Å²) in [6, 6.07) is 15.8. The monoisotopic (exact) mass is 242 g/mol. The topological polar surface area (TPSA) is 29.5 Å². The number of ether oxygens (including phenoxy) is 1. The molecule has 2 aromatic carbocycles. The lowest BCUT2D eigenvalue weighted by atomic mass is 10.1. The molecule has 18 heavy (non-hydrogen) atoms. The van der Waals surface area contributed by atoms with E-state index in [0.29, 0.717) is 6.61 Å². The summed E-state index contributed by atoms with van der Waals surface area (Å²) in [5.74, 6) is 0.787. The molecule has 0 spiro atoms. The van der Waals surface area contributed by atoms with E-state index >= 15 is 0 Å². The van der Waals surface area contributed by atoms with Crippen molar-refractivity contribution in [3.63, 3.8) is 0 Å². The molecule has 2 aromatic rings. The molecule has 2 heteroatoms. The van der Waals surface area contributed by atoms with Crippen LogP contribution in [0.5, 0.6) is 5.75 Å². The Labute approximate surface area is 108 Å². The number of aryl methyl sites for hydroxylation is 1. The third-order valence-corrected chi connectivity index (χ3v) is 2.83. The van der Waals surface area contributed by atoms with Gasteiger partial charge in [-0.1, -0.05) is 42.0 Å². The number of benzene rings is 2. The number of rotatable bonds is 4. The zero-order valence-electron chi connectivity index (χ0n) is 10.8. The Morgan fingerprint density at radius 3 is 2.61 bits per heavy atom. The maximum Gasteiger partial charge on any atom is 0.120 e. The second-order valence-corrected chi connectivity index (χ2v) is 4.53. The standard InChI is InChI=1S/C16H18O2/c1-12-5-3-6-14(9-12)11-18-16-8-4-7-15(10-16)13(2)17/h3-10,13,17H,11H2,1-2H3. The first-order chi connectivity index (χ1) is 8.65. The third kappa shape index (κ3) is 3.34. The summed E-state index contributed by atoms with van der Waals surface area (Å²) in [6.07, 6.45) is -0.465. The van der Waals surface area contributed by atoms with E-state index in [1.54, 1.807) is 6.92 Å². The first kappa shape index (κ1) is 12.7. The summed E-state index contributed by atoms with van der Waals surface area (Å²) >= 11 is 0. The second-order valence-electron chi connectivity index (χ2n) is 4.53. The van der Waals surface area contributed by atoms with Gasteiger partial charge in [-0.3, -0.25) is 0 Å². The quantitative estimate of drug-likeness (QED) is 0.887. The van der Waals surface area contributed by atoms with Crippen molar-refractivity contribution in [2.24, 2.45) is 0 Å². The van der Waals surface area contributed by atoms with Crippen LogP contribution >= 0.6 is 0 Å². The largest absolute Gasteiger partial charge is 0.489 e. The zero-order valence-corrected chi connectivity index (χ0v) is 10.8. The van der Waals surface area contributed by atoms with Crippen molar-refractivity contribution in [3.05, 3.63) is 65.2 Å². The first-order valence-corrected chi connectivity index (χ1v) is 6.11. The summed E-state index contributed by atoms with van der Waals surface area (Å²) in [5, 5.41) is 9.51. The predicted octanol–water partition coefficient (Wildman–Crippen LogP) is 3.63. The van der Waals surface area contributed by atoms with E-state index < -0.39 is 6.10 Å². The molecule has 0 aliphatic carbocycles. The van der Waals surface area contributed by atoms with Gasteiger partial charge in [-0.15, -0.1) is 0 Å². The van der Waals surface area contributed by atoms with Crippen LogP contribution in [0.3, 0.4) is 0 Å². The van der Waals surface area contributed by atoms with E-state index in [9.17, 15) is 5.11 Å². The van der Waals surface area contributed by atoms with Crippen LogP contribution in [0.15, 0.2) is 48.5 Å². The number of aliphatic hydroxyl groups is 1. The van der Waals surface area contributed by atoms with Crippen LogP contribution in [-0.4, -0.2) is 5.11 Å². The lowest BCUT2D eigenvalue weighted by molar-refractivity contribution is 0.198. The van der Waals surface area contributed by atoms with Crippen LogP contribution in [0.1, 0.15) is 29.7 Å². The van der Waals surface area contributed by atoms with Gasteiger partial charge in [0.05, 0.1) is 6.10 Å². The molecule has 0 bridgehead atoms. The van der Waals surface area contributed by atoms with Crippen molar-refractivity contribution in [2.45, 2.75) is 26.6 Å². The lowest BCUT2D eigenvalue weighted by Crippen LogP contribution is -1.97. The number of hydrogen-bond acceptors (Lipinski definition) is 2. The molecule has 0 amide bonds. The molecule has 0 radical (unpaired) electrons. The van der Waals surface area contributed by atoms with Crippen molar-refractivity contribution < 1.29 is 9.84 Å². The molecule has 0 aliphatic rings. The summed E-state index contributed by atoms with van der Waals surface area (Å²) in [6.45, 7) is 4.36. The normalized spacial score (nSPS) is 12.2. The average molecular weight is 242 g/mol. The highest BCUT2D eigenvalue weighted by molar-refractivity contribution is 5.30. The minimum Gasteiger partial charge on any atom is -0.489 e. The first-order valence-electron chi connectivity index (χ1n) is 6.11. The summed E-state index contributed by atoms with van der Waals surface area (Å²) in [7, 11) is 0. The van der Waals surface area contributed by atoms with Crippen LogP contribution < -0.4 is 4.74 Å². The fourth-order valence-electron chi connectivity index (χ4n) is 1.83. The molecule has 0 aromatic heterocycles. The zero-order chi connectivity index (χ0) is 13.0. The van der Waals surface area contributed by atoms with Crippen LogP contribution in [0.2, 0.25) is 0 Å². The fraction of sp³-hybridized carbons (Fsp3) is 0.250.